The first-order valence-corrected chi connectivity index (χ1v) is 17.0. The maximum absolute atomic E-state index is 14.1. The molecule has 0 unspecified atom stereocenters. The number of carbonyl (C=O) groups is 2. The molecule has 1 N–H and O–H groups in total. The number of hydrogen-bond donors (Lipinski definition) is 1. The summed E-state index contributed by atoms with van der Waals surface area (Å²) in [6.45, 7) is 4.23. The van der Waals surface area contributed by atoms with Gasteiger partial charge in [0.15, 0.2) is 5.16 Å². The average molecular weight is 650 g/mol. The summed E-state index contributed by atoms with van der Waals surface area (Å²) in [6.07, 6.45) is 2.66. The van der Waals surface area contributed by atoms with E-state index < -0.39 is 5.97 Å². The quantitative estimate of drug-likeness (QED) is 0.105. The van der Waals surface area contributed by atoms with Gasteiger partial charge in [0.05, 0.1) is 29.0 Å². The third-order valence-corrected chi connectivity index (χ3v) is 10.6. The highest BCUT2D eigenvalue weighted by molar-refractivity contribution is 7.99. The van der Waals surface area contributed by atoms with Crippen LogP contribution in [0.2, 0.25) is 5.02 Å². The first kappa shape index (κ1) is 29.6. The molecule has 0 radical (unpaired) electrons. The van der Waals surface area contributed by atoms with Gasteiger partial charge in [-0.25, -0.2) is 9.78 Å². The van der Waals surface area contributed by atoms with E-state index in [0.717, 1.165) is 40.8 Å². The number of aromatic nitrogens is 2. The third kappa shape index (κ3) is 6.02. The number of thiophene rings is 2. The molecule has 11 heteroatoms. The van der Waals surface area contributed by atoms with E-state index in [4.69, 9.17) is 21.3 Å². The van der Waals surface area contributed by atoms with Crippen LogP contribution in [0.3, 0.4) is 0 Å². The van der Waals surface area contributed by atoms with Crippen LogP contribution in [0.25, 0.3) is 27.0 Å². The fourth-order valence-electron chi connectivity index (χ4n) is 5.27. The molecular weight excluding hydrogens is 622 g/mol. The van der Waals surface area contributed by atoms with Crippen molar-refractivity contribution in [2.75, 3.05) is 17.7 Å². The molecule has 3 heterocycles. The highest BCUT2D eigenvalue weighted by Crippen LogP contribution is 2.40. The van der Waals surface area contributed by atoms with Crippen molar-refractivity contribution in [1.29, 1.82) is 0 Å². The van der Waals surface area contributed by atoms with Gasteiger partial charge in [0.25, 0.3) is 5.56 Å². The van der Waals surface area contributed by atoms with E-state index in [1.807, 2.05) is 47.8 Å². The molecule has 7 nitrogen and oxygen atoms in total. The summed E-state index contributed by atoms with van der Waals surface area (Å²) in [6, 6.07) is 16.6. The molecule has 3 aromatic heterocycles. The number of esters is 1. The lowest BCUT2D eigenvalue weighted by Gasteiger charge is -2.18. The van der Waals surface area contributed by atoms with Crippen LogP contribution < -0.4 is 10.9 Å². The van der Waals surface area contributed by atoms with Gasteiger partial charge in [0.2, 0.25) is 5.91 Å². The maximum Gasteiger partial charge on any atom is 0.341 e. The monoisotopic (exact) mass is 649 g/mol. The molecule has 1 aliphatic rings. The predicted octanol–water partition coefficient (Wildman–Crippen LogP) is 7.86. The lowest BCUT2D eigenvalue weighted by Crippen LogP contribution is -2.23. The number of ether oxygens (including phenoxy) is 1. The lowest BCUT2D eigenvalue weighted by atomic mass is 9.88. The molecule has 0 bridgehead atoms. The van der Waals surface area contributed by atoms with Crippen molar-refractivity contribution >= 4 is 73.1 Å². The second-order valence-electron chi connectivity index (χ2n) is 10.3. The van der Waals surface area contributed by atoms with Gasteiger partial charge in [-0.1, -0.05) is 60.6 Å². The molecule has 0 spiro atoms. The fourth-order valence-corrected chi connectivity index (χ4v) is 8.61. The van der Waals surface area contributed by atoms with Crippen molar-refractivity contribution in [3.63, 3.8) is 0 Å². The molecule has 2 aromatic carbocycles. The van der Waals surface area contributed by atoms with Gasteiger partial charge in [-0.05, 0) is 67.5 Å². The van der Waals surface area contributed by atoms with Gasteiger partial charge >= 0.3 is 5.97 Å². The Labute approximate surface area is 265 Å². The van der Waals surface area contributed by atoms with E-state index in [2.05, 4.69) is 12.2 Å². The standard InChI is InChI=1S/C32H28ClN3O4S3/c1-3-40-31(39)27-22-14-9-18(2)15-24(22)43-29(27)34-25(37)17-42-32-35-28-26(30(38)36(32)21-7-5-4-6-8-21)23(16-41-28)19-10-12-20(33)13-11-19/h4-8,10-13,16,18H,3,9,14-15,17H2,1-2H3,(H,34,37)/t18-/m1/s1. The third-order valence-electron chi connectivity index (χ3n) is 7.32. The van der Waals surface area contributed by atoms with E-state index in [1.54, 1.807) is 23.6 Å². The van der Waals surface area contributed by atoms with Crippen LogP contribution in [0.4, 0.5) is 5.00 Å². The number of nitrogens with zero attached hydrogens (tertiary/aromatic N) is 2. The lowest BCUT2D eigenvalue weighted by molar-refractivity contribution is -0.113. The molecule has 43 heavy (non-hydrogen) atoms. The minimum Gasteiger partial charge on any atom is -0.462 e. The van der Waals surface area contributed by atoms with Crippen molar-refractivity contribution in [2.45, 2.75) is 38.3 Å². The normalized spacial score (nSPS) is 14.4. The summed E-state index contributed by atoms with van der Waals surface area (Å²) in [4.78, 5) is 46.8. The molecule has 0 aliphatic heterocycles. The van der Waals surface area contributed by atoms with E-state index in [0.29, 0.717) is 42.6 Å². The van der Waals surface area contributed by atoms with Gasteiger partial charge in [-0.15, -0.1) is 22.7 Å². The second kappa shape index (κ2) is 12.7. The molecule has 0 saturated carbocycles. The Hall–Kier alpha value is -3.44. The zero-order valence-electron chi connectivity index (χ0n) is 23.5. The number of rotatable bonds is 8. The molecule has 1 atom stereocenters. The molecule has 0 saturated heterocycles. The highest BCUT2D eigenvalue weighted by atomic mass is 35.5. The molecule has 6 rings (SSSR count). The number of carbonyl (C=O) groups excluding carboxylic acids is 2. The number of benzene rings is 2. The summed E-state index contributed by atoms with van der Waals surface area (Å²) >= 11 is 10.1. The average Bonchev–Trinajstić information content (AvgIpc) is 3.58. The largest absolute Gasteiger partial charge is 0.462 e. The minimum absolute atomic E-state index is 0.00142. The van der Waals surface area contributed by atoms with Crippen molar-refractivity contribution in [3.8, 4) is 16.8 Å². The van der Waals surface area contributed by atoms with E-state index >= 15 is 0 Å². The predicted molar refractivity (Wildman–Crippen MR) is 176 cm³/mol. The van der Waals surface area contributed by atoms with Crippen molar-refractivity contribution in [1.82, 2.24) is 9.55 Å². The first-order valence-electron chi connectivity index (χ1n) is 13.9. The Morgan fingerprint density at radius 2 is 1.93 bits per heavy atom. The van der Waals surface area contributed by atoms with Crippen LogP contribution >= 0.6 is 46.0 Å². The summed E-state index contributed by atoms with van der Waals surface area (Å²) in [5.41, 5.74) is 3.57. The van der Waals surface area contributed by atoms with Crippen molar-refractivity contribution in [3.05, 3.63) is 91.4 Å². The molecule has 1 amide bonds. The van der Waals surface area contributed by atoms with Gasteiger partial charge < -0.3 is 10.1 Å². The van der Waals surface area contributed by atoms with Crippen LogP contribution in [0.5, 0.6) is 0 Å². The smallest absolute Gasteiger partial charge is 0.341 e. The van der Waals surface area contributed by atoms with Crippen LogP contribution in [-0.4, -0.2) is 33.8 Å². The van der Waals surface area contributed by atoms with Gasteiger partial charge in [-0.2, -0.15) is 0 Å². The second-order valence-corrected chi connectivity index (χ2v) is 13.7. The highest BCUT2D eigenvalue weighted by Gasteiger charge is 2.29. The molecule has 5 aromatic rings. The van der Waals surface area contributed by atoms with Gasteiger partial charge in [0, 0.05) is 20.8 Å². The van der Waals surface area contributed by atoms with Crippen LogP contribution in [0, 0.1) is 5.92 Å². The number of para-hydroxylation sites is 1. The number of fused-ring (bicyclic) bond motifs is 2. The summed E-state index contributed by atoms with van der Waals surface area (Å²) in [7, 11) is 0. The minimum atomic E-state index is -0.406. The molecule has 1 aliphatic carbocycles. The number of nitrogens with one attached hydrogen (secondary N) is 1. The summed E-state index contributed by atoms with van der Waals surface area (Å²) in [5.74, 6) is -0.170. The molecular formula is C32H28ClN3O4S3. The molecule has 220 valence electrons. The van der Waals surface area contributed by atoms with Crippen molar-refractivity contribution in [2.24, 2.45) is 5.92 Å². The zero-order chi connectivity index (χ0) is 30.1. The van der Waals surface area contributed by atoms with Crippen LogP contribution in [-0.2, 0) is 22.4 Å². The number of hydrogen-bond acceptors (Lipinski definition) is 8. The van der Waals surface area contributed by atoms with Crippen LogP contribution in [0.1, 0.15) is 41.1 Å². The summed E-state index contributed by atoms with van der Waals surface area (Å²) < 4.78 is 6.90. The Balaban J connectivity index is 1.32. The SMILES string of the molecule is CCOC(=O)c1c(NC(=O)CSc2nc3scc(-c4ccc(Cl)cc4)c3c(=O)n2-c2ccccc2)sc2c1CC[C@@H](C)C2. The van der Waals surface area contributed by atoms with E-state index in [9.17, 15) is 14.4 Å². The zero-order valence-corrected chi connectivity index (χ0v) is 26.7. The number of anilines is 1. The van der Waals surface area contributed by atoms with Gasteiger partial charge in [-0.3, -0.25) is 14.2 Å². The van der Waals surface area contributed by atoms with Crippen molar-refractivity contribution < 1.29 is 14.3 Å². The fraction of sp³-hybridized carbons (Fsp3) is 0.250. The Morgan fingerprint density at radius 1 is 1.16 bits per heavy atom. The maximum atomic E-state index is 14.1. The molecule has 0 fully saturated rings. The van der Waals surface area contributed by atoms with Gasteiger partial charge in [0.1, 0.15) is 9.83 Å². The Bertz CT molecular complexity index is 1880. The topological polar surface area (TPSA) is 90.3 Å². The summed E-state index contributed by atoms with van der Waals surface area (Å²) in [5, 5.41) is 6.96. The van der Waals surface area contributed by atoms with E-state index in [1.165, 1.54) is 34.4 Å². The van der Waals surface area contributed by atoms with Crippen LogP contribution in [0.15, 0.2) is 69.9 Å². The Morgan fingerprint density at radius 3 is 2.67 bits per heavy atom. The number of thioether (sulfide) groups is 1. The number of halogens is 1. The van der Waals surface area contributed by atoms with E-state index in [-0.39, 0.29) is 23.8 Å². The number of amides is 1. The Kier molecular flexibility index (Phi) is 8.72. The first-order chi connectivity index (χ1) is 20.8.